The van der Waals surface area contributed by atoms with Crippen LogP contribution in [0.4, 0.5) is 0 Å². The maximum atomic E-state index is 13.8. The molecule has 2 aromatic carbocycles. The number of aliphatic hydroxyl groups is 1. The van der Waals surface area contributed by atoms with Crippen molar-refractivity contribution >= 4 is 21.8 Å². The van der Waals surface area contributed by atoms with Crippen molar-refractivity contribution in [1.29, 1.82) is 0 Å². The molecule has 2 heterocycles. The summed E-state index contributed by atoms with van der Waals surface area (Å²) in [5.74, 6) is -0.0862. The number of nitrogens with zero attached hydrogens (tertiary/aromatic N) is 2. The van der Waals surface area contributed by atoms with Crippen molar-refractivity contribution in [2.75, 3.05) is 39.5 Å². The molecule has 1 fully saturated rings. The van der Waals surface area contributed by atoms with E-state index in [2.05, 4.69) is 15.5 Å². The second-order valence-corrected chi connectivity index (χ2v) is 14.3. The van der Waals surface area contributed by atoms with Gasteiger partial charge < -0.3 is 25.2 Å². The molecule has 4 rings (SSSR count). The van der Waals surface area contributed by atoms with Crippen LogP contribution in [-0.2, 0) is 26.0 Å². The first-order valence-electron chi connectivity index (χ1n) is 15.4. The number of hydrogen-bond acceptors (Lipinski definition) is 8. The Labute approximate surface area is 261 Å². The number of carbonyl (C=O) groups excluding carboxylic acids is 2. The summed E-state index contributed by atoms with van der Waals surface area (Å²) in [5.41, 5.74) is 0.866. The lowest BCUT2D eigenvalue weighted by molar-refractivity contribution is -0.131. The van der Waals surface area contributed by atoms with Crippen LogP contribution in [0, 0.1) is 11.8 Å². The van der Waals surface area contributed by atoms with Gasteiger partial charge in [0.2, 0.25) is 28.6 Å². The molecule has 0 bridgehead atoms. The zero-order chi connectivity index (χ0) is 31.9. The Hall–Kier alpha value is -3.19. The fourth-order valence-corrected chi connectivity index (χ4v) is 7.16. The predicted molar refractivity (Wildman–Crippen MR) is 167 cm³/mol. The summed E-state index contributed by atoms with van der Waals surface area (Å²) >= 11 is 0. The number of benzene rings is 2. The Morgan fingerprint density at radius 1 is 0.955 bits per heavy atom. The highest BCUT2D eigenvalue weighted by molar-refractivity contribution is 7.89. The highest BCUT2D eigenvalue weighted by Crippen LogP contribution is 2.35. The van der Waals surface area contributed by atoms with Crippen LogP contribution in [0.5, 0.6) is 11.5 Å². The molecule has 2 aliphatic heterocycles. The van der Waals surface area contributed by atoms with Gasteiger partial charge in [0.05, 0.1) is 23.6 Å². The van der Waals surface area contributed by atoms with Crippen LogP contribution in [0.3, 0.4) is 0 Å². The summed E-state index contributed by atoms with van der Waals surface area (Å²) in [4.78, 5) is 28.6. The maximum absolute atomic E-state index is 13.8. The molecular formula is C32H46N4O7S. The minimum Gasteiger partial charge on any atom is -0.454 e. The van der Waals surface area contributed by atoms with E-state index in [0.717, 1.165) is 31.5 Å². The molecule has 3 atom stereocenters. The first-order chi connectivity index (χ1) is 20.9. The van der Waals surface area contributed by atoms with E-state index >= 15 is 0 Å². The van der Waals surface area contributed by atoms with E-state index in [1.807, 2.05) is 58.0 Å². The molecule has 2 aromatic rings. The van der Waals surface area contributed by atoms with Crippen molar-refractivity contribution in [3.05, 3.63) is 54.1 Å². The molecule has 1 saturated heterocycles. The normalized spacial score (nSPS) is 17.2. The average Bonchev–Trinajstić information content (AvgIpc) is 3.67. The summed E-state index contributed by atoms with van der Waals surface area (Å²) in [6.45, 7) is 9.38. The third kappa shape index (κ3) is 8.93. The number of ether oxygens (including phenoxy) is 2. The summed E-state index contributed by atoms with van der Waals surface area (Å²) < 4.78 is 39.7. The second kappa shape index (κ2) is 15.2. The first kappa shape index (κ1) is 33.7. The van der Waals surface area contributed by atoms with Gasteiger partial charge >= 0.3 is 0 Å². The topological polar surface area (TPSA) is 138 Å². The van der Waals surface area contributed by atoms with E-state index in [-0.39, 0.29) is 55.5 Å². The van der Waals surface area contributed by atoms with Gasteiger partial charge in [-0.1, -0.05) is 58.0 Å². The summed E-state index contributed by atoms with van der Waals surface area (Å²) in [7, 11) is -4.04. The molecule has 0 aromatic heterocycles. The SMILES string of the molecule is CC(C)CN(CC(O)C(Cc1ccccc1)NC(=O)C(NC(=O)CN1CCCC1)C(C)C)S(=O)(=O)c1ccc2c(c1)OCO2. The van der Waals surface area contributed by atoms with Crippen LogP contribution in [0.1, 0.15) is 46.1 Å². The number of carbonyl (C=O) groups is 2. The van der Waals surface area contributed by atoms with E-state index in [1.165, 1.54) is 16.4 Å². The smallest absolute Gasteiger partial charge is 0.243 e. The quantitative estimate of drug-likeness (QED) is 0.273. The largest absolute Gasteiger partial charge is 0.454 e. The number of aliphatic hydroxyl groups excluding tert-OH is 1. The number of rotatable bonds is 15. The molecule has 12 heteroatoms. The lowest BCUT2D eigenvalue weighted by Gasteiger charge is -2.32. The standard InChI is InChI=1S/C32H46N4O7S/c1-22(2)18-36(44(40,41)25-12-13-28-29(17-25)43-21-42-28)19-27(37)26(16-24-10-6-5-7-11-24)33-32(39)31(23(3)4)34-30(38)20-35-14-8-9-15-35/h5-7,10-13,17,22-23,26-27,31,37H,8-9,14-16,18-21H2,1-4H3,(H,33,39)(H,34,38). The average molecular weight is 631 g/mol. The molecule has 242 valence electrons. The number of fused-ring (bicyclic) bond motifs is 1. The van der Waals surface area contributed by atoms with E-state index < -0.39 is 34.1 Å². The molecule has 0 radical (unpaired) electrons. The highest BCUT2D eigenvalue weighted by Gasteiger charge is 2.34. The van der Waals surface area contributed by atoms with Gasteiger partial charge in [-0.15, -0.1) is 0 Å². The Morgan fingerprint density at radius 2 is 1.64 bits per heavy atom. The molecule has 0 aliphatic carbocycles. The molecule has 0 saturated carbocycles. The van der Waals surface area contributed by atoms with Gasteiger partial charge in [0.1, 0.15) is 6.04 Å². The van der Waals surface area contributed by atoms with Crippen molar-refractivity contribution in [3.8, 4) is 11.5 Å². The van der Waals surface area contributed by atoms with E-state index in [9.17, 15) is 23.1 Å². The minimum absolute atomic E-state index is 0.0181. The van der Waals surface area contributed by atoms with Gasteiger partial charge in [-0.05, 0) is 61.9 Å². The summed E-state index contributed by atoms with van der Waals surface area (Å²) in [6.07, 6.45) is 1.12. The van der Waals surface area contributed by atoms with Gasteiger partial charge in [0, 0.05) is 19.2 Å². The Bertz CT molecular complexity index is 1360. The molecule has 3 unspecified atom stereocenters. The lowest BCUT2D eigenvalue weighted by atomic mass is 9.98. The van der Waals surface area contributed by atoms with Gasteiger partial charge in [0.15, 0.2) is 11.5 Å². The second-order valence-electron chi connectivity index (χ2n) is 12.4. The van der Waals surface area contributed by atoms with Gasteiger partial charge in [-0.2, -0.15) is 4.31 Å². The molecule has 0 spiro atoms. The summed E-state index contributed by atoms with van der Waals surface area (Å²) in [5, 5.41) is 17.4. The molecule has 11 nitrogen and oxygen atoms in total. The third-order valence-corrected chi connectivity index (χ3v) is 9.69. The number of likely N-dealkylation sites (tertiary alicyclic amines) is 1. The Kier molecular flexibility index (Phi) is 11.6. The van der Waals surface area contributed by atoms with Crippen molar-refractivity contribution < 1.29 is 32.6 Å². The highest BCUT2D eigenvalue weighted by atomic mass is 32.2. The fraction of sp³-hybridized carbons (Fsp3) is 0.562. The zero-order valence-corrected chi connectivity index (χ0v) is 26.9. The predicted octanol–water partition coefficient (Wildman–Crippen LogP) is 2.39. The van der Waals surface area contributed by atoms with Crippen molar-refractivity contribution in [2.24, 2.45) is 11.8 Å². The molecule has 2 aliphatic rings. The lowest BCUT2D eigenvalue weighted by Crippen LogP contribution is -2.57. The maximum Gasteiger partial charge on any atom is 0.243 e. The van der Waals surface area contributed by atoms with Crippen LogP contribution in [-0.4, -0.2) is 92.2 Å². The molecule has 2 amide bonds. The third-order valence-electron chi connectivity index (χ3n) is 7.86. The number of nitrogens with one attached hydrogen (secondary N) is 2. The molecule has 44 heavy (non-hydrogen) atoms. The van der Waals surface area contributed by atoms with Crippen LogP contribution >= 0.6 is 0 Å². The van der Waals surface area contributed by atoms with Crippen molar-refractivity contribution in [1.82, 2.24) is 19.8 Å². The van der Waals surface area contributed by atoms with Gasteiger partial charge in [-0.25, -0.2) is 8.42 Å². The van der Waals surface area contributed by atoms with E-state index in [4.69, 9.17) is 9.47 Å². The number of hydrogen-bond donors (Lipinski definition) is 3. The van der Waals surface area contributed by atoms with Crippen LogP contribution in [0.15, 0.2) is 53.4 Å². The van der Waals surface area contributed by atoms with Gasteiger partial charge in [0.25, 0.3) is 0 Å². The first-order valence-corrected chi connectivity index (χ1v) is 16.8. The Balaban J connectivity index is 1.54. The van der Waals surface area contributed by atoms with Crippen molar-refractivity contribution in [3.63, 3.8) is 0 Å². The Morgan fingerprint density at radius 3 is 2.30 bits per heavy atom. The van der Waals surface area contributed by atoms with Crippen LogP contribution < -0.4 is 20.1 Å². The van der Waals surface area contributed by atoms with Crippen LogP contribution in [0.2, 0.25) is 0 Å². The molecule has 3 N–H and O–H groups in total. The number of amides is 2. The van der Waals surface area contributed by atoms with Crippen LogP contribution in [0.25, 0.3) is 0 Å². The van der Waals surface area contributed by atoms with Gasteiger partial charge in [-0.3, -0.25) is 14.5 Å². The van der Waals surface area contributed by atoms with Crippen molar-refractivity contribution in [2.45, 2.75) is 70.0 Å². The fourth-order valence-electron chi connectivity index (χ4n) is 5.52. The summed E-state index contributed by atoms with van der Waals surface area (Å²) in [6, 6.07) is 12.2. The monoisotopic (exact) mass is 630 g/mol. The van der Waals surface area contributed by atoms with E-state index in [1.54, 1.807) is 6.07 Å². The minimum atomic E-state index is -4.04. The zero-order valence-electron chi connectivity index (χ0n) is 26.1. The molecular weight excluding hydrogens is 584 g/mol. The van der Waals surface area contributed by atoms with E-state index in [0.29, 0.717) is 11.5 Å². The number of sulfonamides is 1.